The standard InChI is InChI=1S/C30H34N8O4S/c1-31-25-16-24(26(36-35-25)28(39)32-2)34-22-10-6-9-21(27(22)42-5)19-11-12-23(33-17-19)29(40)38(14-15-41-4)18-20-8-7-13-37(3)30(20)43/h6-13,16-17H,14-15,18H2,1-5H3,(H,32,39)(H2,31,34,35). The fraction of sp³-hybridized carbons (Fsp3) is 0.267. The lowest BCUT2D eigenvalue weighted by atomic mass is 10.0. The van der Waals surface area contributed by atoms with E-state index < -0.39 is 0 Å². The highest BCUT2D eigenvalue weighted by Crippen LogP contribution is 2.38. The third kappa shape index (κ3) is 7.13. The van der Waals surface area contributed by atoms with Crippen molar-refractivity contribution < 1.29 is 19.1 Å². The van der Waals surface area contributed by atoms with E-state index in [1.807, 2.05) is 54.2 Å². The van der Waals surface area contributed by atoms with Crippen molar-refractivity contribution in [1.29, 1.82) is 0 Å². The zero-order valence-electron chi connectivity index (χ0n) is 24.7. The molecule has 12 nitrogen and oxygen atoms in total. The first-order chi connectivity index (χ1) is 20.8. The molecule has 0 atom stereocenters. The van der Waals surface area contributed by atoms with Crippen molar-refractivity contribution in [2.45, 2.75) is 6.54 Å². The third-order valence-corrected chi connectivity index (χ3v) is 7.24. The smallest absolute Gasteiger partial charge is 0.273 e. The first kappa shape index (κ1) is 31.1. The molecule has 0 bridgehead atoms. The third-order valence-electron chi connectivity index (χ3n) is 6.69. The number of hydrogen-bond donors (Lipinski definition) is 3. The van der Waals surface area contributed by atoms with Crippen LogP contribution < -0.4 is 20.7 Å². The fourth-order valence-electron chi connectivity index (χ4n) is 4.40. The molecule has 1 aromatic carbocycles. The summed E-state index contributed by atoms with van der Waals surface area (Å²) in [7, 11) is 8.27. The molecule has 0 radical (unpaired) electrons. The summed E-state index contributed by atoms with van der Waals surface area (Å²) >= 11 is 5.54. The van der Waals surface area contributed by atoms with Crippen molar-refractivity contribution in [2.75, 3.05) is 52.1 Å². The van der Waals surface area contributed by atoms with Gasteiger partial charge in [-0.1, -0.05) is 36.5 Å². The van der Waals surface area contributed by atoms with Crippen LogP contribution in [-0.2, 0) is 18.3 Å². The summed E-state index contributed by atoms with van der Waals surface area (Å²) in [6.45, 7) is 1.08. The van der Waals surface area contributed by atoms with Gasteiger partial charge in [-0.3, -0.25) is 14.6 Å². The van der Waals surface area contributed by atoms with E-state index in [0.29, 0.717) is 47.3 Å². The van der Waals surface area contributed by atoms with E-state index in [-0.39, 0.29) is 23.2 Å². The number of hydrogen-bond acceptors (Lipinski definition) is 10. The number of anilines is 3. The molecule has 4 aromatic rings. The molecule has 0 aliphatic rings. The zero-order valence-corrected chi connectivity index (χ0v) is 25.5. The molecular formula is C30H34N8O4S. The van der Waals surface area contributed by atoms with Crippen LogP contribution in [0, 0.1) is 4.64 Å². The lowest BCUT2D eigenvalue weighted by Gasteiger charge is -2.22. The van der Waals surface area contributed by atoms with Gasteiger partial charge < -0.3 is 34.9 Å². The fourth-order valence-corrected chi connectivity index (χ4v) is 4.59. The summed E-state index contributed by atoms with van der Waals surface area (Å²) in [6.07, 6.45) is 3.51. The number of aryl methyl sites for hydroxylation is 1. The first-order valence-electron chi connectivity index (χ1n) is 13.4. The minimum absolute atomic E-state index is 0.129. The van der Waals surface area contributed by atoms with Crippen LogP contribution in [-0.4, -0.2) is 77.9 Å². The van der Waals surface area contributed by atoms with Gasteiger partial charge in [0.2, 0.25) is 0 Å². The summed E-state index contributed by atoms with van der Waals surface area (Å²) in [5.74, 6) is 0.381. The monoisotopic (exact) mass is 602 g/mol. The average Bonchev–Trinajstić information content (AvgIpc) is 3.04. The predicted octanol–water partition coefficient (Wildman–Crippen LogP) is 4.05. The number of aromatic nitrogens is 4. The van der Waals surface area contributed by atoms with E-state index in [1.165, 1.54) is 7.05 Å². The molecule has 0 saturated carbocycles. The Kier molecular flexibility index (Phi) is 10.4. The van der Waals surface area contributed by atoms with Gasteiger partial charge in [0.05, 0.1) is 25.1 Å². The summed E-state index contributed by atoms with van der Waals surface area (Å²) < 4.78 is 13.5. The maximum Gasteiger partial charge on any atom is 0.273 e. The molecule has 3 heterocycles. The Morgan fingerprint density at radius 2 is 1.86 bits per heavy atom. The van der Waals surface area contributed by atoms with Gasteiger partial charge in [-0.2, -0.15) is 0 Å². The van der Waals surface area contributed by atoms with Gasteiger partial charge in [0.25, 0.3) is 11.8 Å². The van der Waals surface area contributed by atoms with E-state index in [0.717, 1.165) is 16.7 Å². The summed E-state index contributed by atoms with van der Waals surface area (Å²) in [6, 6.07) is 14.6. The maximum absolute atomic E-state index is 13.5. The highest BCUT2D eigenvalue weighted by Gasteiger charge is 2.20. The lowest BCUT2D eigenvalue weighted by molar-refractivity contribution is 0.0674. The number of amides is 2. The van der Waals surface area contributed by atoms with Crippen LogP contribution in [0.4, 0.5) is 17.2 Å². The molecule has 4 rings (SSSR count). The summed E-state index contributed by atoms with van der Waals surface area (Å²) in [5, 5.41) is 16.8. The van der Waals surface area contributed by atoms with E-state index in [1.54, 1.807) is 44.5 Å². The number of rotatable bonds is 12. The quantitative estimate of drug-likeness (QED) is 0.204. The molecule has 13 heteroatoms. The Bertz CT molecular complexity index is 1660. The molecule has 43 heavy (non-hydrogen) atoms. The number of methoxy groups -OCH3 is 2. The van der Waals surface area contributed by atoms with Crippen molar-refractivity contribution >= 4 is 41.2 Å². The van der Waals surface area contributed by atoms with Crippen LogP contribution in [0.5, 0.6) is 5.75 Å². The van der Waals surface area contributed by atoms with Crippen molar-refractivity contribution in [2.24, 2.45) is 7.05 Å². The second-order valence-corrected chi connectivity index (χ2v) is 9.82. The number of benzene rings is 1. The van der Waals surface area contributed by atoms with Crippen molar-refractivity contribution in [1.82, 2.24) is 30.0 Å². The van der Waals surface area contributed by atoms with Gasteiger partial charge >= 0.3 is 0 Å². The molecule has 0 saturated heterocycles. The van der Waals surface area contributed by atoms with E-state index in [2.05, 4.69) is 31.1 Å². The highest BCUT2D eigenvalue weighted by molar-refractivity contribution is 7.71. The second kappa shape index (κ2) is 14.3. The van der Waals surface area contributed by atoms with Crippen LogP contribution in [0.1, 0.15) is 26.5 Å². The molecule has 0 aliphatic heterocycles. The molecular weight excluding hydrogens is 568 g/mol. The zero-order chi connectivity index (χ0) is 30.9. The molecule has 2 amide bonds. The van der Waals surface area contributed by atoms with Gasteiger partial charge in [-0.15, -0.1) is 10.2 Å². The Labute approximate surface area is 255 Å². The molecule has 3 aromatic heterocycles. The van der Waals surface area contributed by atoms with Crippen molar-refractivity contribution in [3.63, 3.8) is 0 Å². The topological polar surface area (TPSA) is 136 Å². The number of carbonyl (C=O) groups is 2. The van der Waals surface area contributed by atoms with E-state index in [4.69, 9.17) is 21.7 Å². The number of ether oxygens (including phenoxy) is 2. The number of carbonyl (C=O) groups excluding carboxylic acids is 2. The van der Waals surface area contributed by atoms with Crippen LogP contribution in [0.2, 0.25) is 0 Å². The lowest BCUT2D eigenvalue weighted by Crippen LogP contribution is -2.34. The van der Waals surface area contributed by atoms with Gasteiger partial charge in [0.1, 0.15) is 16.1 Å². The van der Waals surface area contributed by atoms with Crippen molar-refractivity contribution in [3.8, 4) is 16.9 Å². The largest absolute Gasteiger partial charge is 0.494 e. The Hall–Kier alpha value is -4.88. The van der Waals surface area contributed by atoms with Crippen LogP contribution >= 0.6 is 12.2 Å². The molecule has 0 aliphatic carbocycles. The van der Waals surface area contributed by atoms with Gasteiger partial charge in [0, 0.05) is 76.5 Å². The van der Waals surface area contributed by atoms with Crippen LogP contribution in [0.3, 0.4) is 0 Å². The SMILES string of the molecule is CNC(=O)c1nnc(NC)cc1Nc1cccc(-c2ccc(C(=O)N(CCOC)Cc3cccn(C)c3=S)nc2)c1OC. The van der Waals surface area contributed by atoms with Crippen LogP contribution in [0.25, 0.3) is 11.1 Å². The van der Waals surface area contributed by atoms with Gasteiger partial charge in [0.15, 0.2) is 11.5 Å². The Morgan fingerprint density at radius 1 is 1.05 bits per heavy atom. The Balaban J connectivity index is 1.63. The van der Waals surface area contributed by atoms with Crippen molar-refractivity contribution in [3.05, 3.63) is 82.5 Å². The Morgan fingerprint density at radius 3 is 2.53 bits per heavy atom. The molecule has 3 N–H and O–H groups in total. The molecule has 224 valence electrons. The minimum atomic E-state index is -0.387. The molecule has 0 fully saturated rings. The normalized spacial score (nSPS) is 10.6. The van der Waals surface area contributed by atoms with E-state index in [9.17, 15) is 9.59 Å². The minimum Gasteiger partial charge on any atom is -0.494 e. The number of pyridine rings is 2. The average molecular weight is 603 g/mol. The molecule has 0 spiro atoms. The van der Waals surface area contributed by atoms with Gasteiger partial charge in [-0.05, 0) is 18.2 Å². The predicted molar refractivity (Wildman–Crippen MR) is 167 cm³/mol. The second-order valence-electron chi connectivity index (χ2n) is 9.43. The summed E-state index contributed by atoms with van der Waals surface area (Å²) in [4.78, 5) is 32.1. The van der Waals surface area contributed by atoms with Crippen LogP contribution in [0.15, 0.2) is 60.9 Å². The highest BCUT2D eigenvalue weighted by atomic mass is 32.1. The number of nitrogens with one attached hydrogen (secondary N) is 3. The molecule has 0 unspecified atom stereocenters. The summed E-state index contributed by atoms with van der Waals surface area (Å²) in [5.41, 5.74) is 3.79. The first-order valence-corrected chi connectivity index (χ1v) is 13.8. The number of nitrogens with zero attached hydrogens (tertiary/aromatic N) is 5. The van der Waals surface area contributed by atoms with Gasteiger partial charge in [-0.25, -0.2) is 0 Å². The maximum atomic E-state index is 13.5. The van der Waals surface area contributed by atoms with E-state index >= 15 is 0 Å². The number of para-hydroxylation sites is 1.